The molecule has 1 amide bonds. The van der Waals surface area contributed by atoms with E-state index in [0.29, 0.717) is 16.5 Å². The highest BCUT2D eigenvalue weighted by Crippen LogP contribution is 2.29. The summed E-state index contributed by atoms with van der Waals surface area (Å²) in [7, 11) is 0. The standard InChI is InChI=1S/C23H17ClN2O2/c24-20-4-2-1-3-19(20)21-9-10-22(28-21)23(27)26-18-7-5-16(6-8-18)15-17-11-13-25-14-12-17/h1-14H,15H2,(H,26,27). The molecule has 5 heteroatoms. The van der Waals surface area contributed by atoms with Crippen LogP contribution in [0.15, 0.2) is 89.6 Å². The summed E-state index contributed by atoms with van der Waals surface area (Å²) >= 11 is 6.19. The third kappa shape index (κ3) is 4.13. The Kier molecular flexibility index (Phi) is 5.22. The summed E-state index contributed by atoms with van der Waals surface area (Å²) < 4.78 is 5.68. The number of carbonyl (C=O) groups is 1. The van der Waals surface area contributed by atoms with Gasteiger partial charge < -0.3 is 9.73 Å². The van der Waals surface area contributed by atoms with Crippen molar-refractivity contribution in [1.29, 1.82) is 0 Å². The fourth-order valence-corrected chi connectivity index (χ4v) is 3.13. The smallest absolute Gasteiger partial charge is 0.291 e. The van der Waals surface area contributed by atoms with E-state index >= 15 is 0 Å². The van der Waals surface area contributed by atoms with Crippen LogP contribution in [-0.2, 0) is 6.42 Å². The topological polar surface area (TPSA) is 55.1 Å². The molecule has 2 aromatic heterocycles. The van der Waals surface area contributed by atoms with Crippen molar-refractivity contribution in [2.24, 2.45) is 0 Å². The molecule has 0 saturated heterocycles. The van der Waals surface area contributed by atoms with Gasteiger partial charge in [0.2, 0.25) is 0 Å². The predicted octanol–water partition coefficient (Wildman–Crippen LogP) is 5.84. The lowest BCUT2D eigenvalue weighted by Gasteiger charge is -2.06. The molecule has 0 spiro atoms. The number of halogens is 1. The quantitative estimate of drug-likeness (QED) is 0.467. The molecule has 28 heavy (non-hydrogen) atoms. The van der Waals surface area contributed by atoms with Gasteiger partial charge in [0.25, 0.3) is 5.91 Å². The van der Waals surface area contributed by atoms with E-state index in [4.69, 9.17) is 16.0 Å². The van der Waals surface area contributed by atoms with Crippen LogP contribution in [0.3, 0.4) is 0 Å². The Morgan fingerprint density at radius 2 is 1.61 bits per heavy atom. The van der Waals surface area contributed by atoms with Gasteiger partial charge in [0.1, 0.15) is 5.76 Å². The lowest BCUT2D eigenvalue weighted by Crippen LogP contribution is -2.10. The minimum absolute atomic E-state index is 0.232. The molecular weight excluding hydrogens is 372 g/mol. The van der Waals surface area contributed by atoms with Crippen LogP contribution in [-0.4, -0.2) is 10.9 Å². The molecule has 0 aliphatic rings. The van der Waals surface area contributed by atoms with E-state index in [1.807, 2.05) is 54.6 Å². The molecular formula is C23H17ClN2O2. The molecule has 4 aromatic rings. The summed E-state index contributed by atoms with van der Waals surface area (Å²) in [5, 5.41) is 3.43. The van der Waals surface area contributed by atoms with Crippen molar-refractivity contribution in [2.45, 2.75) is 6.42 Å². The van der Waals surface area contributed by atoms with Crippen molar-refractivity contribution in [3.05, 3.63) is 107 Å². The fraction of sp³-hybridized carbons (Fsp3) is 0.0435. The molecule has 4 rings (SSSR count). The van der Waals surface area contributed by atoms with Crippen molar-refractivity contribution in [3.8, 4) is 11.3 Å². The summed E-state index contributed by atoms with van der Waals surface area (Å²) in [6, 6.07) is 22.5. The van der Waals surface area contributed by atoms with Gasteiger partial charge in [-0.2, -0.15) is 0 Å². The second kappa shape index (κ2) is 8.11. The summed E-state index contributed by atoms with van der Waals surface area (Å²) in [6.45, 7) is 0. The highest BCUT2D eigenvalue weighted by Gasteiger charge is 2.14. The number of rotatable bonds is 5. The first kappa shape index (κ1) is 18.0. The first-order valence-electron chi connectivity index (χ1n) is 8.83. The average molecular weight is 389 g/mol. The molecule has 1 N–H and O–H groups in total. The second-order valence-corrected chi connectivity index (χ2v) is 6.73. The number of hydrogen-bond donors (Lipinski definition) is 1. The SMILES string of the molecule is O=C(Nc1ccc(Cc2ccncc2)cc1)c1ccc(-c2ccccc2Cl)o1. The van der Waals surface area contributed by atoms with Crippen molar-refractivity contribution < 1.29 is 9.21 Å². The third-order valence-corrected chi connectivity index (χ3v) is 4.67. The highest BCUT2D eigenvalue weighted by molar-refractivity contribution is 6.33. The lowest BCUT2D eigenvalue weighted by molar-refractivity contribution is 0.0997. The number of hydrogen-bond acceptors (Lipinski definition) is 3. The van der Waals surface area contributed by atoms with E-state index in [9.17, 15) is 4.79 Å². The van der Waals surface area contributed by atoms with E-state index < -0.39 is 0 Å². The third-order valence-electron chi connectivity index (χ3n) is 4.34. The summed E-state index contributed by atoms with van der Waals surface area (Å²) in [6.07, 6.45) is 4.38. The maximum Gasteiger partial charge on any atom is 0.291 e. The maximum atomic E-state index is 12.5. The largest absolute Gasteiger partial charge is 0.451 e. The Morgan fingerprint density at radius 3 is 2.36 bits per heavy atom. The van der Waals surface area contributed by atoms with Gasteiger partial charge in [0.05, 0.1) is 5.02 Å². The number of anilines is 1. The Balaban J connectivity index is 1.43. The minimum Gasteiger partial charge on any atom is -0.451 e. The van der Waals surface area contributed by atoms with Gasteiger partial charge in [0, 0.05) is 23.6 Å². The number of amides is 1. The zero-order valence-electron chi connectivity index (χ0n) is 14.9. The second-order valence-electron chi connectivity index (χ2n) is 6.33. The Bertz CT molecular complexity index is 1090. The van der Waals surface area contributed by atoms with Crippen LogP contribution < -0.4 is 5.32 Å². The van der Waals surface area contributed by atoms with Gasteiger partial charge in [-0.1, -0.05) is 35.9 Å². The van der Waals surface area contributed by atoms with Gasteiger partial charge >= 0.3 is 0 Å². The summed E-state index contributed by atoms with van der Waals surface area (Å²) in [5.41, 5.74) is 3.81. The Hall–Kier alpha value is -3.37. The molecule has 0 radical (unpaired) electrons. The Morgan fingerprint density at radius 1 is 0.893 bits per heavy atom. The lowest BCUT2D eigenvalue weighted by atomic mass is 10.1. The molecule has 2 aromatic carbocycles. The molecule has 0 saturated carbocycles. The molecule has 0 aliphatic heterocycles. The number of pyridine rings is 1. The molecule has 0 fully saturated rings. The first-order valence-corrected chi connectivity index (χ1v) is 9.21. The number of benzene rings is 2. The minimum atomic E-state index is -0.305. The van der Waals surface area contributed by atoms with Crippen molar-refractivity contribution in [2.75, 3.05) is 5.32 Å². The maximum absolute atomic E-state index is 12.5. The average Bonchev–Trinajstić information content (AvgIpc) is 3.21. The van der Waals surface area contributed by atoms with Crippen LogP contribution in [0.2, 0.25) is 5.02 Å². The van der Waals surface area contributed by atoms with E-state index in [1.54, 1.807) is 30.6 Å². The number of nitrogens with one attached hydrogen (secondary N) is 1. The normalized spacial score (nSPS) is 10.6. The van der Waals surface area contributed by atoms with Crippen molar-refractivity contribution in [1.82, 2.24) is 4.98 Å². The number of nitrogens with zero attached hydrogens (tertiary/aromatic N) is 1. The molecule has 2 heterocycles. The van der Waals surface area contributed by atoms with Crippen LogP contribution in [0.25, 0.3) is 11.3 Å². The van der Waals surface area contributed by atoms with Gasteiger partial charge in [-0.05, 0) is 66.1 Å². The molecule has 0 atom stereocenters. The van der Waals surface area contributed by atoms with Crippen LogP contribution >= 0.6 is 11.6 Å². The van der Waals surface area contributed by atoms with Gasteiger partial charge in [-0.3, -0.25) is 9.78 Å². The van der Waals surface area contributed by atoms with Crippen LogP contribution in [0.4, 0.5) is 5.69 Å². The fourth-order valence-electron chi connectivity index (χ4n) is 2.90. The van der Waals surface area contributed by atoms with Gasteiger partial charge in [-0.25, -0.2) is 0 Å². The monoisotopic (exact) mass is 388 g/mol. The van der Waals surface area contributed by atoms with E-state index in [0.717, 1.165) is 17.5 Å². The number of carbonyl (C=O) groups excluding carboxylic acids is 1. The number of aromatic nitrogens is 1. The molecule has 138 valence electrons. The summed E-state index contributed by atoms with van der Waals surface area (Å²) in [4.78, 5) is 16.5. The molecule has 0 unspecified atom stereocenters. The van der Waals surface area contributed by atoms with Crippen LogP contribution in [0.5, 0.6) is 0 Å². The van der Waals surface area contributed by atoms with Crippen molar-refractivity contribution >= 4 is 23.2 Å². The number of furan rings is 1. The predicted molar refractivity (Wildman–Crippen MR) is 111 cm³/mol. The zero-order chi connectivity index (χ0) is 19.3. The van der Waals surface area contributed by atoms with E-state index in [-0.39, 0.29) is 11.7 Å². The van der Waals surface area contributed by atoms with Crippen LogP contribution in [0, 0.1) is 0 Å². The van der Waals surface area contributed by atoms with Crippen molar-refractivity contribution in [3.63, 3.8) is 0 Å². The zero-order valence-corrected chi connectivity index (χ0v) is 15.7. The molecule has 0 bridgehead atoms. The van der Waals surface area contributed by atoms with E-state index in [1.165, 1.54) is 5.56 Å². The Labute approximate surface area is 167 Å². The van der Waals surface area contributed by atoms with Gasteiger partial charge in [0.15, 0.2) is 5.76 Å². The van der Waals surface area contributed by atoms with E-state index in [2.05, 4.69) is 10.3 Å². The van der Waals surface area contributed by atoms with Gasteiger partial charge in [-0.15, -0.1) is 0 Å². The molecule has 0 aliphatic carbocycles. The first-order chi connectivity index (χ1) is 13.7. The molecule has 4 nitrogen and oxygen atoms in total. The van der Waals surface area contributed by atoms with Crippen LogP contribution in [0.1, 0.15) is 21.7 Å². The summed E-state index contributed by atoms with van der Waals surface area (Å²) in [5.74, 6) is 0.486. The highest BCUT2D eigenvalue weighted by atomic mass is 35.5.